The number of rotatable bonds is 7. The second-order valence-corrected chi connectivity index (χ2v) is 5.38. The molecule has 25 heavy (non-hydrogen) atoms. The minimum absolute atomic E-state index is 0.0907. The van der Waals surface area contributed by atoms with E-state index >= 15 is 0 Å². The molecule has 0 aliphatic carbocycles. The van der Waals surface area contributed by atoms with Gasteiger partial charge in [-0.05, 0) is 43.3 Å². The number of nitrogens with zero attached hydrogens (tertiary/aromatic N) is 2. The van der Waals surface area contributed by atoms with E-state index in [-0.39, 0.29) is 12.3 Å². The van der Waals surface area contributed by atoms with Crippen molar-refractivity contribution >= 4 is 11.6 Å². The lowest BCUT2D eigenvalue weighted by Crippen LogP contribution is -2.12. The van der Waals surface area contributed by atoms with Crippen LogP contribution in [0.25, 0.3) is 11.4 Å². The zero-order valence-corrected chi connectivity index (χ0v) is 13.9. The molecule has 1 amide bonds. The van der Waals surface area contributed by atoms with E-state index < -0.39 is 0 Å². The molecule has 6 nitrogen and oxygen atoms in total. The fraction of sp³-hybridized carbons (Fsp3) is 0.211. The predicted octanol–water partition coefficient (Wildman–Crippen LogP) is 3.71. The number of hydrogen-bond donors (Lipinski definition) is 1. The first-order valence-corrected chi connectivity index (χ1v) is 8.15. The van der Waals surface area contributed by atoms with Crippen LogP contribution in [0.4, 0.5) is 5.69 Å². The van der Waals surface area contributed by atoms with Crippen molar-refractivity contribution in [2.75, 3.05) is 11.9 Å². The van der Waals surface area contributed by atoms with Gasteiger partial charge in [-0.1, -0.05) is 23.4 Å². The molecule has 0 unspecified atom stereocenters. The summed E-state index contributed by atoms with van der Waals surface area (Å²) in [6.45, 7) is 2.56. The fourth-order valence-corrected chi connectivity index (χ4v) is 2.31. The van der Waals surface area contributed by atoms with Crippen molar-refractivity contribution < 1.29 is 14.1 Å². The van der Waals surface area contributed by atoms with Crippen LogP contribution in [0.5, 0.6) is 5.75 Å². The van der Waals surface area contributed by atoms with Gasteiger partial charge in [-0.25, -0.2) is 0 Å². The molecule has 0 saturated heterocycles. The van der Waals surface area contributed by atoms with Gasteiger partial charge in [0, 0.05) is 24.1 Å². The monoisotopic (exact) mass is 337 g/mol. The Kier molecular flexibility index (Phi) is 5.41. The van der Waals surface area contributed by atoms with Crippen molar-refractivity contribution in [3.8, 4) is 17.1 Å². The first kappa shape index (κ1) is 16.7. The third-order valence-corrected chi connectivity index (χ3v) is 3.52. The first-order valence-electron chi connectivity index (χ1n) is 8.15. The number of anilines is 1. The summed E-state index contributed by atoms with van der Waals surface area (Å²) in [5.74, 6) is 1.65. The highest BCUT2D eigenvalue weighted by Gasteiger charge is 2.11. The second kappa shape index (κ2) is 8.10. The van der Waals surface area contributed by atoms with E-state index in [1.54, 1.807) is 0 Å². The van der Waals surface area contributed by atoms with Crippen LogP contribution in [0, 0.1) is 0 Å². The lowest BCUT2D eigenvalue weighted by atomic mass is 10.2. The topological polar surface area (TPSA) is 77.2 Å². The maximum atomic E-state index is 11.9. The van der Waals surface area contributed by atoms with Crippen LogP contribution in [-0.2, 0) is 11.2 Å². The van der Waals surface area contributed by atoms with Gasteiger partial charge in [0.25, 0.3) is 0 Å². The number of aryl methyl sites for hydroxylation is 1. The molecule has 1 N–H and O–H groups in total. The van der Waals surface area contributed by atoms with Gasteiger partial charge in [0.1, 0.15) is 5.75 Å². The predicted molar refractivity (Wildman–Crippen MR) is 94.3 cm³/mol. The van der Waals surface area contributed by atoms with E-state index in [9.17, 15) is 4.79 Å². The quantitative estimate of drug-likeness (QED) is 0.711. The van der Waals surface area contributed by atoms with Gasteiger partial charge in [0.05, 0.1) is 6.61 Å². The van der Waals surface area contributed by atoms with E-state index in [4.69, 9.17) is 9.26 Å². The third-order valence-electron chi connectivity index (χ3n) is 3.52. The zero-order valence-electron chi connectivity index (χ0n) is 13.9. The fourth-order valence-electron chi connectivity index (χ4n) is 2.31. The lowest BCUT2D eigenvalue weighted by Gasteiger charge is -2.03. The van der Waals surface area contributed by atoms with Crippen LogP contribution in [0.15, 0.2) is 59.1 Å². The van der Waals surface area contributed by atoms with Crippen molar-refractivity contribution in [3.05, 3.63) is 60.5 Å². The first-order chi connectivity index (χ1) is 12.2. The van der Waals surface area contributed by atoms with Gasteiger partial charge >= 0.3 is 0 Å². The number of nitrogens with one attached hydrogen (secondary N) is 1. The van der Waals surface area contributed by atoms with Crippen molar-refractivity contribution in [2.45, 2.75) is 19.8 Å². The highest BCUT2D eigenvalue weighted by atomic mass is 16.5. The van der Waals surface area contributed by atoms with E-state index in [0.29, 0.717) is 24.7 Å². The van der Waals surface area contributed by atoms with Crippen molar-refractivity contribution in [1.29, 1.82) is 0 Å². The number of amides is 1. The number of hydrogen-bond acceptors (Lipinski definition) is 5. The highest BCUT2D eigenvalue weighted by molar-refractivity contribution is 5.90. The zero-order chi connectivity index (χ0) is 17.5. The molecule has 1 heterocycles. The smallest absolute Gasteiger partial charge is 0.227 e. The SMILES string of the molecule is CCOc1ccc(-c2noc(CCC(=O)Nc3ccccc3)n2)cc1. The Morgan fingerprint density at radius 1 is 1.12 bits per heavy atom. The standard InChI is InChI=1S/C19H19N3O3/c1-2-24-16-10-8-14(9-11-16)19-21-18(25-22-19)13-12-17(23)20-15-6-4-3-5-7-15/h3-11H,2,12-13H2,1H3,(H,20,23). The Balaban J connectivity index is 1.55. The van der Waals surface area contributed by atoms with Gasteiger partial charge in [-0.2, -0.15) is 4.98 Å². The molecule has 0 atom stereocenters. The van der Waals surface area contributed by atoms with Crippen LogP contribution in [0.2, 0.25) is 0 Å². The summed E-state index contributed by atoms with van der Waals surface area (Å²) in [7, 11) is 0. The maximum Gasteiger partial charge on any atom is 0.227 e. The van der Waals surface area contributed by atoms with E-state index in [0.717, 1.165) is 17.0 Å². The van der Waals surface area contributed by atoms with Crippen LogP contribution >= 0.6 is 0 Å². The third kappa shape index (κ3) is 4.67. The van der Waals surface area contributed by atoms with Crippen molar-refractivity contribution in [3.63, 3.8) is 0 Å². The molecule has 3 aromatic rings. The summed E-state index contributed by atoms with van der Waals surface area (Å²) in [4.78, 5) is 16.3. The minimum Gasteiger partial charge on any atom is -0.494 e. The molecule has 128 valence electrons. The number of carbonyl (C=O) groups is 1. The highest BCUT2D eigenvalue weighted by Crippen LogP contribution is 2.20. The number of carbonyl (C=O) groups excluding carboxylic acids is 1. The summed E-state index contributed by atoms with van der Waals surface area (Å²) in [5.41, 5.74) is 1.61. The Labute approximate surface area is 145 Å². The van der Waals surface area contributed by atoms with Crippen LogP contribution in [0.1, 0.15) is 19.2 Å². The molecule has 0 saturated carbocycles. The summed E-state index contributed by atoms with van der Waals surface area (Å²) in [6, 6.07) is 16.8. The Morgan fingerprint density at radius 3 is 2.60 bits per heavy atom. The Bertz CT molecular complexity index is 813. The molecule has 0 aliphatic rings. The average Bonchev–Trinajstić information content (AvgIpc) is 3.11. The van der Waals surface area contributed by atoms with Crippen LogP contribution in [-0.4, -0.2) is 22.7 Å². The van der Waals surface area contributed by atoms with Gasteiger partial charge in [-0.3, -0.25) is 4.79 Å². The van der Waals surface area contributed by atoms with Crippen molar-refractivity contribution in [1.82, 2.24) is 10.1 Å². The Morgan fingerprint density at radius 2 is 1.88 bits per heavy atom. The number of benzene rings is 2. The molecule has 3 rings (SSSR count). The van der Waals surface area contributed by atoms with Gasteiger partial charge < -0.3 is 14.6 Å². The molecule has 0 bridgehead atoms. The van der Waals surface area contributed by atoms with E-state index in [2.05, 4.69) is 15.5 Å². The second-order valence-electron chi connectivity index (χ2n) is 5.38. The summed E-state index contributed by atoms with van der Waals surface area (Å²) in [5, 5.41) is 6.79. The molecule has 0 aliphatic heterocycles. The lowest BCUT2D eigenvalue weighted by molar-refractivity contribution is -0.116. The maximum absolute atomic E-state index is 11.9. The molecular formula is C19H19N3O3. The molecular weight excluding hydrogens is 318 g/mol. The Hall–Kier alpha value is -3.15. The normalized spacial score (nSPS) is 10.4. The van der Waals surface area contributed by atoms with Gasteiger partial charge in [0.2, 0.25) is 17.6 Å². The summed E-state index contributed by atoms with van der Waals surface area (Å²) >= 11 is 0. The molecule has 1 aromatic heterocycles. The largest absolute Gasteiger partial charge is 0.494 e. The molecule has 0 fully saturated rings. The summed E-state index contributed by atoms with van der Waals surface area (Å²) in [6.07, 6.45) is 0.669. The molecule has 0 radical (unpaired) electrons. The minimum atomic E-state index is -0.0907. The average molecular weight is 337 g/mol. The molecule has 0 spiro atoms. The number of para-hydroxylation sites is 1. The van der Waals surface area contributed by atoms with E-state index in [1.165, 1.54) is 0 Å². The molecule has 6 heteroatoms. The summed E-state index contributed by atoms with van der Waals surface area (Å²) < 4.78 is 10.6. The van der Waals surface area contributed by atoms with Crippen molar-refractivity contribution in [2.24, 2.45) is 0 Å². The van der Waals surface area contributed by atoms with Gasteiger partial charge in [-0.15, -0.1) is 0 Å². The van der Waals surface area contributed by atoms with Crippen LogP contribution in [0.3, 0.4) is 0 Å². The van der Waals surface area contributed by atoms with E-state index in [1.807, 2.05) is 61.5 Å². The number of aromatic nitrogens is 2. The molecule has 2 aromatic carbocycles. The van der Waals surface area contributed by atoms with Crippen LogP contribution < -0.4 is 10.1 Å². The number of ether oxygens (including phenoxy) is 1. The van der Waals surface area contributed by atoms with Gasteiger partial charge in [0.15, 0.2) is 0 Å².